The molecule has 0 aliphatic carbocycles. The number of likely N-dealkylation sites (tertiary alicyclic amines) is 1. The summed E-state index contributed by atoms with van der Waals surface area (Å²) in [6, 6.07) is 12.1. The van der Waals surface area contributed by atoms with Crippen LogP contribution in [0.3, 0.4) is 0 Å². The van der Waals surface area contributed by atoms with Crippen LogP contribution in [0.1, 0.15) is 36.9 Å². The van der Waals surface area contributed by atoms with Crippen LogP contribution in [0.5, 0.6) is 0 Å². The molecule has 0 bridgehead atoms. The average molecular weight is 425 g/mol. The second-order valence-corrected chi connectivity index (χ2v) is 8.87. The van der Waals surface area contributed by atoms with Crippen molar-refractivity contribution in [2.45, 2.75) is 45.2 Å². The predicted octanol–water partition coefficient (Wildman–Crippen LogP) is 2.67. The number of benzene rings is 1. The lowest BCUT2D eigenvalue weighted by molar-refractivity contribution is -0.907. The summed E-state index contributed by atoms with van der Waals surface area (Å²) in [5.41, 5.74) is 1.62. The standard InChI is InChI=1S/C23H29N5OS/c1-3-21(29)28(20-8-5-4-6-9-20)23(22-25-19(2)18-30-22)10-14-26(15-11-23)16-17-27-13-7-12-24-27/h4-9,12-13,18H,3,10-11,14-17H2,1-2H3/p+1. The Morgan fingerprint density at radius 1 is 1.23 bits per heavy atom. The van der Waals surface area contributed by atoms with E-state index in [0.29, 0.717) is 6.42 Å². The van der Waals surface area contributed by atoms with E-state index in [4.69, 9.17) is 4.98 Å². The summed E-state index contributed by atoms with van der Waals surface area (Å²) in [6.07, 6.45) is 6.15. The number of thiazole rings is 1. The van der Waals surface area contributed by atoms with Crippen molar-refractivity contribution < 1.29 is 9.69 Å². The molecular weight excluding hydrogens is 394 g/mol. The Kier molecular flexibility index (Phi) is 6.29. The van der Waals surface area contributed by atoms with Gasteiger partial charge in [0.1, 0.15) is 10.5 Å². The van der Waals surface area contributed by atoms with Gasteiger partial charge in [-0.25, -0.2) is 4.98 Å². The van der Waals surface area contributed by atoms with Crippen molar-refractivity contribution in [2.75, 3.05) is 24.5 Å². The summed E-state index contributed by atoms with van der Waals surface area (Å²) in [5.74, 6) is 0.161. The molecule has 1 amide bonds. The van der Waals surface area contributed by atoms with Crippen molar-refractivity contribution in [3.63, 3.8) is 0 Å². The van der Waals surface area contributed by atoms with Gasteiger partial charge < -0.3 is 4.90 Å². The van der Waals surface area contributed by atoms with Crippen LogP contribution in [0.4, 0.5) is 5.69 Å². The Balaban J connectivity index is 1.62. The molecule has 158 valence electrons. The SMILES string of the molecule is CCC(=O)N(c1ccccc1)C1(c2nc(C)cs2)CC[NH+](CCn2cccn2)CC1. The van der Waals surface area contributed by atoms with Crippen LogP contribution in [0.25, 0.3) is 0 Å². The maximum absolute atomic E-state index is 13.2. The van der Waals surface area contributed by atoms with Gasteiger partial charge in [-0.3, -0.25) is 14.4 Å². The van der Waals surface area contributed by atoms with Crippen molar-refractivity contribution in [3.8, 4) is 0 Å². The van der Waals surface area contributed by atoms with E-state index in [9.17, 15) is 4.79 Å². The molecule has 0 unspecified atom stereocenters. The number of carbonyl (C=O) groups excluding carboxylic acids is 1. The highest BCUT2D eigenvalue weighted by Crippen LogP contribution is 2.41. The summed E-state index contributed by atoms with van der Waals surface area (Å²) in [7, 11) is 0. The van der Waals surface area contributed by atoms with Crippen LogP contribution in [-0.2, 0) is 16.9 Å². The Labute approximate surface area is 182 Å². The number of rotatable bonds is 7. The van der Waals surface area contributed by atoms with E-state index < -0.39 is 0 Å². The topological polar surface area (TPSA) is 55.5 Å². The van der Waals surface area contributed by atoms with E-state index in [-0.39, 0.29) is 11.4 Å². The second-order valence-electron chi connectivity index (χ2n) is 8.01. The maximum Gasteiger partial charge on any atom is 0.227 e. The van der Waals surface area contributed by atoms with Gasteiger partial charge in [-0.2, -0.15) is 5.10 Å². The zero-order valence-electron chi connectivity index (χ0n) is 17.8. The van der Waals surface area contributed by atoms with Gasteiger partial charge in [0.15, 0.2) is 0 Å². The Morgan fingerprint density at radius 2 is 2.00 bits per heavy atom. The number of amides is 1. The number of quaternary nitrogens is 1. The summed E-state index contributed by atoms with van der Waals surface area (Å²) in [4.78, 5) is 21.7. The highest BCUT2D eigenvalue weighted by atomic mass is 32.1. The fourth-order valence-electron chi connectivity index (χ4n) is 4.44. The molecule has 4 rings (SSSR count). The fourth-order valence-corrected chi connectivity index (χ4v) is 5.48. The van der Waals surface area contributed by atoms with E-state index in [0.717, 1.165) is 55.4 Å². The zero-order valence-corrected chi connectivity index (χ0v) is 18.6. The van der Waals surface area contributed by atoms with E-state index in [1.807, 2.05) is 67.3 Å². The van der Waals surface area contributed by atoms with E-state index in [1.54, 1.807) is 16.2 Å². The monoisotopic (exact) mass is 424 g/mol. The van der Waals surface area contributed by atoms with Gasteiger partial charge in [0.25, 0.3) is 0 Å². The summed E-state index contributed by atoms with van der Waals surface area (Å²) >= 11 is 1.69. The number of piperidine rings is 1. The van der Waals surface area contributed by atoms with Gasteiger partial charge in [0.2, 0.25) is 5.91 Å². The van der Waals surface area contributed by atoms with Gasteiger partial charge in [0, 0.05) is 48.4 Å². The lowest BCUT2D eigenvalue weighted by Crippen LogP contribution is -3.14. The number of anilines is 1. The average Bonchev–Trinajstić information content (AvgIpc) is 3.46. The molecule has 0 atom stereocenters. The van der Waals surface area contributed by atoms with Gasteiger partial charge in [-0.15, -0.1) is 11.3 Å². The Bertz CT molecular complexity index is 945. The quantitative estimate of drug-likeness (QED) is 0.634. The lowest BCUT2D eigenvalue weighted by Gasteiger charge is -2.46. The van der Waals surface area contributed by atoms with E-state index in [2.05, 4.69) is 15.4 Å². The number of carbonyl (C=O) groups is 1. The number of hydrogen-bond acceptors (Lipinski definition) is 4. The molecule has 3 heterocycles. The molecule has 0 radical (unpaired) electrons. The first-order valence-corrected chi connectivity index (χ1v) is 11.6. The van der Waals surface area contributed by atoms with Crippen LogP contribution in [0, 0.1) is 6.92 Å². The van der Waals surface area contributed by atoms with E-state index >= 15 is 0 Å². The molecule has 1 aliphatic rings. The second kappa shape index (κ2) is 9.10. The molecule has 1 aromatic carbocycles. The zero-order chi connectivity index (χ0) is 21.0. The number of hydrogen-bond donors (Lipinski definition) is 1. The maximum atomic E-state index is 13.2. The van der Waals surface area contributed by atoms with Crippen molar-refractivity contribution in [1.82, 2.24) is 14.8 Å². The molecule has 1 saturated heterocycles. The number of aromatic nitrogens is 3. The first kappa shape index (κ1) is 20.8. The predicted molar refractivity (Wildman–Crippen MR) is 120 cm³/mol. The number of nitrogens with zero attached hydrogens (tertiary/aromatic N) is 4. The third-order valence-corrected chi connectivity index (χ3v) is 7.20. The van der Waals surface area contributed by atoms with Gasteiger partial charge >= 0.3 is 0 Å². The van der Waals surface area contributed by atoms with E-state index in [1.165, 1.54) is 0 Å². The van der Waals surface area contributed by atoms with Crippen LogP contribution in [0.2, 0.25) is 0 Å². The number of nitrogens with one attached hydrogen (secondary N) is 1. The number of para-hydroxylation sites is 1. The third-order valence-electron chi connectivity index (χ3n) is 6.05. The van der Waals surface area contributed by atoms with Crippen LogP contribution in [-0.4, -0.2) is 40.3 Å². The summed E-state index contributed by atoms with van der Waals surface area (Å²) < 4.78 is 2.00. The van der Waals surface area contributed by atoms with Gasteiger partial charge in [-0.1, -0.05) is 25.1 Å². The molecular formula is C23H30N5OS+. The first-order valence-electron chi connectivity index (χ1n) is 10.7. The molecule has 1 aliphatic heterocycles. The van der Waals surface area contributed by atoms with Crippen LogP contribution < -0.4 is 9.80 Å². The molecule has 3 aromatic rings. The lowest BCUT2D eigenvalue weighted by atomic mass is 9.85. The fraction of sp³-hybridized carbons (Fsp3) is 0.435. The minimum absolute atomic E-state index is 0.161. The minimum atomic E-state index is -0.372. The van der Waals surface area contributed by atoms with Crippen LogP contribution >= 0.6 is 11.3 Å². The van der Waals surface area contributed by atoms with Crippen molar-refractivity contribution in [2.24, 2.45) is 0 Å². The van der Waals surface area contributed by atoms with Gasteiger partial charge in [0.05, 0.1) is 26.2 Å². The Hall–Kier alpha value is -2.51. The molecule has 1 N–H and O–H groups in total. The molecule has 30 heavy (non-hydrogen) atoms. The smallest absolute Gasteiger partial charge is 0.227 e. The molecule has 1 fully saturated rings. The van der Waals surface area contributed by atoms with Crippen molar-refractivity contribution >= 4 is 22.9 Å². The molecule has 6 nitrogen and oxygen atoms in total. The summed E-state index contributed by atoms with van der Waals surface area (Å²) in [6.45, 7) is 7.97. The highest BCUT2D eigenvalue weighted by Gasteiger charge is 2.47. The summed E-state index contributed by atoms with van der Waals surface area (Å²) in [5, 5.41) is 7.50. The van der Waals surface area contributed by atoms with Gasteiger partial charge in [-0.05, 0) is 25.1 Å². The Morgan fingerprint density at radius 3 is 2.60 bits per heavy atom. The first-order chi connectivity index (χ1) is 14.6. The molecule has 7 heteroatoms. The largest absolute Gasteiger partial charge is 0.333 e. The van der Waals surface area contributed by atoms with Crippen molar-refractivity contribution in [1.29, 1.82) is 0 Å². The molecule has 2 aromatic heterocycles. The third kappa shape index (κ3) is 4.18. The highest BCUT2D eigenvalue weighted by molar-refractivity contribution is 7.09. The van der Waals surface area contributed by atoms with Crippen molar-refractivity contribution in [3.05, 3.63) is 64.9 Å². The molecule has 0 saturated carbocycles. The molecule has 0 spiro atoms. The normalized spacial score (nSPS) is 21.5. The minimum Gasteiger partial charge on any atom is -0.333 e. The van der Waals surface area contributed by atoms with Crippen LogP contribution in [0.15, 0.2) is 54.2 Å². The number of aryl methyl sites for hydroxylation is 1.